The third-order valence-electron chi connectivity index (χ3n) is 3.28. The second-order valence-electron chi connectivity index (χ2n) is 6.97. The van der Waals surface area contributed by atoms with Gasteiger partial charge in [0.05, 0.1) is 13.2 Å². The Balaban J connectivity index is 0.00000364. The maximum atomic E-state index is 5.93. The van der Waals surface area contributed by atoms with Crippen molar-refractivity contribution in [2.45, 2.75) is 46.2 Å². The van der Waals surface area contributed by atoms with Gasteiger partial charge in [-0.2, -0.15) is 0 Å². The molecule has 0 saturated heterocycles. The molecule has 27 heavy (non-hydrogen) atoms. The highest BCUT2D eigenvalue weighted by Gasteiger charge is 2.11. The molecule has 1 aromatic carbocycles. The molecule has 148 valence electrons. The van der Waals surface area contributed by atoms with Gasteiger partial charge in [0.15, 0.2) is 5.96 Å². The molecule has 0 aliphatic heterocycles. The lowest BCUT2D eigenvalue weighted by atomic mass is 10.1. The van der Waals surface area contributed by atoms with E-state index in [2.05, 4.69) is 22.2 Å². The Morgan fingerprint density at radius 3 is 2.44 bits per heavy atom. The maximum absolute atomic E-state index is 5.93. The molecule has 0 unspecified atom stereocenters. The van der Waals surface area contributed by atoms with Crippen LogP contribution in [0.4, 0.5) is 0 Å². The third-order valence-corrected chi connectivity index (χ3v) is 3.28. The van der Waals surface area contributed by atoms with E-state index in [-0.39, 0.29) is 29.5 Å². The van der Waals surface area contributed by atoms with Gasteiger partial charge in [-0.15, -0.1) is 24.0 Å². The molecule has 0 spiro atoms. The largest absolute Gasteiger partial charge is 0.494 e. The van der Waals surface area contributed by atoms with Crippen molar-refractivity contribution in [3.8, 4) is 17.4 Å². The van der Waals surface area contributed by atoms with E-state index in [1.165, 1.54) is 0 Å². The average Bonchev–Trinajstić information content (AvgIpc) is 2.59. The second-order valence-corrected chi connectivity index (χ2v) is 6.97. The molecule has 0 saturated carbocycles. The summed E-state index contributed by atoms with van der Waals surface area (Å²) in [4.78, 5) is 8.69. The Bertz CT molecular complexity index is 728. The van der Waals surface area contributed by atoms with Crippen LogP contribution in [0, 0.1) is 0 Å². The van der Waals surface area contributed by atoms with E-state index >= 15 is 0 Å². The minimum Gasteiger partial charge on any atom is -0.494 e. The van der Waals surface area contributed by atoms with Crippen LogP contribution in [0.5, 0.6) is 17.4 Å². The quantitative estimate of drug-likeness (QED) is 0.344. The highest BCUT2D eigenvalue weighted by Crippen LogP contribution is 2.25. The van der Waals surface area contributed by atoms with Gasteiger partial charge in [-0.3, -0.25) is 0 Å². The lowest BCUT2D eigenvalue weighted by Gasteiger charge is -2.21. The molecule has 0 amide bonds. The van der Waals surface area contributed by atoms with Gasteiger partial charge in [0.1, 0.15) is 11.5 Å². The molecule has 6 nitrogen and oxygen atoms in total. The van der Waals surface area contributed by atoms with E-state index in [1.807, 2.05) is 57.2 Å². The molecule has 7 heteroatoms. The first kappa shape index (κ1) is 23.0. The van der Waals surface area contributed by atoms with Gasteiger partial charge < -0.3 is 20.5 Å². The van der Waals surface area contributed by atoms with E-state index in [9.17, 15) is 0 Å². The Labute approximate surface area is 178 Å². The van der Waals surface area contributed by atoms with Gasteiger partial charge in [0.25, 0.3) is 0 Å². The van der Waals surface area contributed by atoms with Crippen LogP contribution < -0.4 is 20.5 Å². The first-order valence-corrected chi connectivity index (χ1v) is 8.80. The lowest BCUT2D eigenvalue weighted by molar-refractivity contribution is 0.317. The van der Waals surface area contributed by atoms with Gasteiger partial charge in [-0.05, 0) is 57.5 Å². The van der Waals surface area contributed by atoms with Crippen molar-refractivity contribution in [1.29, 1.82) is 0 Å². The molecule has 1 heterocycles. The fraction of sp³-hybridized carbons (Fsp3) is 0.400. The number of benzene rings is 1. The smallest absolute Gasteiger partial charge is 0.224 e. The SMILES string of the molecule is CCCOc1ccc(Oc2ncccc2CN=C(N)NC(C)(C)C)cc1.I. The highest BCUT2D eigenvalue weighted by molar-refractivity contribution is 14.0. The van der Waals surface area contributed by atoms with Crippen molar-refractivity contribution < 1.29 is 9.47 Å². The number of nitrogens with two attached hydrogens (primary N) is 1. The number of hydrogen-bond acceptors (Lipinski definition) is 4. The maximum Gasteiger partial charge on any atom is 0.224 e. The Morgan fingerprint density at radius 2 is 1.81 bits per heavy atom. The molecular formula is C20H29IN4O2. The molecule has 2 rings (SSSR count). The van der Waals surface area contributed by atoms with Crippen molar-refractivity contribution in [1.82, 2.24) is 10.3 Å². The summed E-state index contributed by atoms with van der Waals surface area (Å²) in [6.45, 7) is 9.25. The van der Waals surface area contributed by atoms with Gasteiger partial charge in [-0.25, -0.2) is 9.98 Å². The van der Waals surface area contributed by atoms with Gasteiger partial charge in [0, 0.05) is 17.3 Å². The lowest BCUT2D eigenvalue weighted by Crippen LogP contribution is -2.44. The molecule has 0 atom stereocenters. The predicted molar refractivity (Wildman–Crippen MR) is 120 cm³/mol. The summed E-state index contributed by atoms with van der Waals surface area (Å²) in [6.07, 6.45) is 2.67. The fourth-order valence-electron chi connectivity index (χ4n) is 2.17. The highest BCUT2D eigenvalue weighted by atomic mass is 127. The van der Waals surface area contributed by atoms with Crippen LogP contribution in [0.1, 0.15) is 39.7 Å². The number of ether oxygens (including phenoxy) is 2. The first-order valence-electron chi connectivity index (χ1n) is 8.80. The predicted octanol–water partition coefficient (Wildman–Crippen LogP) is 4.48. The Hall–Kier alpha value is -2.03. The van der Waals surface area contributed by atoms with Crippen molar-refractivity contribution in [3.05, 3.63) is 48.2 Å². The van der Waals surface area contributed by atoms with Gasteiger partial charge >= 0.3 is 0 Å². The summed E-state index contributed by atoms with van der Waals surface area (Å²) in [5.74, 6) is 2.43. The van der Waals surface area contributed by atoms with Crippen molar-refractivity contribution >= 4 is 29.9 Å². The minimum absolute atomic E-state index is 0. The van der Waals surface area contributed by atoms with Gasteiger partial charge in [-0.1, -0.05) is 13.0 Å². The van der Waals surface area contributed by atoms with E-state index in [0.29, 0.717) is 30.7 Å². The third kappa shape index (κ3) is 8.47. The van der Waals surface area contributed by atoms with E-state index in [4.69, 9.17) is 15.2 Å². The number of hydrogen-bond donors (Lipinski definition) is 2. The molecule has 2 aromatic rings. The Morgan fingerprint density at radius 1 is 1.15 bits per heavy atom. The standard InChI is InChI=1S/C20H28N4O2.HI/c1-5-13-25-16-8-10-17(11-9-16)26-18-15(7-6-12-22-18)14-23-19(21)24-20(2,3)4;/h6-12H,5,13-14H2,1-4H3,(H3,21,23,24);1H. The van der Waals surface area contributed by atoms with E-state index in [0.717, 1.165) is 17.7 Å². The van der Waals surface area contributed by atoms with Crippen LogP contribution >= 0.6 is 24.0 Å². The van der Waals surface area contributed by atoms with Gasteiger partial charge in [0.2, 0.25) is 5.88 Å². The van der Waals surface area contributed by atoms with Crippen LogP contribution in [-0.2, 0) is 6.54 Å². The normalized spacial score (nSPS) is 11.5. The average molecular weight is 484 g/mol. The Kier molecular flexibility index (Phi) is 9.34. The zero-order chi connectivity index (χ0) is 19.0. The number of halogens is 1. The number of guanidine groups is 1. The summed E-state index contributed by atoms with van der Waals surface area (Å²) in [6, 6.07) is 11.3. The molecule has 0 radical (unpaired) electrons. The topological polar surface area (TPSA) is 81.8 Å². The summed E-state index contributed by atoms with van der Waals surface area (Å²) < 4.78 is 11.5. The number of nitrogens with one attached hydrogen (secondary N) is 1. The summed E-state index contributed by atoms with van der Waals surface area (Å²) in [7, 11) is 0. The van der Waals surface area contributed by atoms with Crippen molar-refractivity contribution in [3.63, 3.8) is 0 Å². The number of nitrogens with zero attached hydrogens (tertiary/aromatic N) is 2. The molecule has 0 aliphatic rings. The summed E-state index contributed by atoms with van der Waals surface area (Å²) in [5.41, 5.74) is 6.65. The van der Waals surface area contributed by atoms with Crippen LogP contribution in [0.15, 0.2) is 47.6 Å². The molecule has 0 fully saturated rings. The van der Waals surface area contributed by atoms with E-state index < -0.39 is 0 Å². The molecular weight excluding hydrogens is 455 g/mol. The molecule has 0 bridgehead atoms. The number of rotatable bonds is 7. The second kappa shape index (κ2) is 11.0. The zero-order valence-corrected chi connectivity index (χ0v) is 18.7. The van der Waals surface area contributed by atoms with Crippen molar-refractivity contribution in [2.75, 3.05) is 6.61 Å². The summed E-state index contributed by atoms with van der Waals surface area (Å²) >= 11 is 0. The molecule has 3 N–H and O–H groups in total. The van der Waals surface area contributed by atoms with Crippen LogP contribution in [-0.4, -0.2) is 23.1 Å². The minimum atomic E-state index is -0.135. The van der Waals surface area contributed by atoms with E-state index in [1.54, 1.807) is 6.20 Å². The number of aliphatic imine (C=N–C) groups is 1. The first-order chi connectivity index (χ1) is 12.4. The summed E-state index contributed by atoms with van der Waals surface area (Å²) in [5, 5.41) is 3.13. The van der Waals surface area contributed by atoms with Crippen LogP contribution in [0.25, 0.3) is 0 Å². The van der Waals surface area contributed by atoms with Crippen LogP contribution in [0.3, 0.4) is 0 Å². The molecule has 0 aliphatic carbocycles. The molecule has 1 aromatic heterocycles. The van der Waals surface area contributed by atoms with Crippen molar-refractivity contribution in [2.24, 2.45) is 10.7 Å². The zero-order valence-electron chi connectivity index (χ0n) is 16.4. The number of pyridine rings is 1. The van der Waals surface area contributed by atoms with Crippen LogP contribution in [0.2, 0.25) is 0 Å². The number of aromatic nitrogens is 1. The fourth-order valence-corrected chi connectivity index (χ4v) is 2.17. The monoisotopic (exact) mass is 484 g/mol.